The first kappa shape index (κ1) is 10.3. The minimum atomic E-state index is 0.226. The maximum absolute atomic E-state index is 5.76. The van der Waals surface area contributed by atoms with E-state index in [4.69, 9.17) is 5.73 Å². The molecule has 0 bridgehead atoms. The van der Waals surface area contributed by atoms with Crippen LogP contribution < -0.4 is 5.73 Å². The molecule has 0 saturated carbocycles. The van der Waals surface area contributed by atoms with Crippen molar-refractivity contribution in [3.8, 4) is 0 Å². The van der Waals surface area contributed by atoms with Crippen LogP contribution >= 0.6 is 0 Å². The standard InChI is InChI=1S/C11H20N2/c1-3-9-13(4-2)11-7-5-10(12)6-8-11/h5,7-8,10H,3-4,6,9,12H2,1-2H3. The van der Waals surface area contributed by atoms with Crippen molar-refractivity contribution in [1.82, 2.24) is 4.90 Å². The topological polar surface area (TPSA) is 29.3 Å². The molecular formula is C11H20N2. The molecule has 1 atom stereocenters. The van der Waals surface area contributed by atoms with Crippen LogP contribution in [0.1, 0.15) is 26.7 Å². The zero-order valence-electron chi connectivity index (χ0n) is 8.66. The monoisotopic (exact) mass is 180 g/mol. The van der Waals surface area contributed by atoms with E-state index in [1.165, 1.54) is 12.1 Å². The maximum Gasteiger partial charge on any atom is 0.0323 e. The Morgan fingerprint density at radius 3 is 2.77 bits per heavy atom. The third kappa shape index (κ3) is 2.88. The normalized spacial score (nSPS) is 21.5. The van der Waals surface area contributed by atoms with E-state index in [9.17, 15) is 0 Å². The second-order valence-corrected chi connectivity index (χ2v) is 3.47. The molecule has 74 valence electrons. The molecule has 1 rings (SSSR count). The Labute approximate surface area is 81.1 Å². The van der Waals surface area contributed by atoms with Crippen molar-refractivity contribution in [2.75, 3.05) is 13.1 Å². The Kier molecular flexibility index (Phi) is 4.03. The second kappa shape index (κ2) is 5.07. The van der Waals surface area contributed by atoms with Crippen LogP contribution in [-0.4, -0.2) is 24.0 Å². The van der Waals surface area contributed by atoms with E-state index >= 15 is 0 Å². The molecule has 1 unspecified atom stereocenters. The number of hydrogen-bond donors (Lipinski definition) is 1. The molecule has 0 aromatic rings. The van der Waals surface area contributed by atoms with Gasteiger partial charge in [-0.25, -0.2) is 0 Å². The zero-order valence-corrected chi connectivity index (χ0v) is 8.66. The summed E-state index contributed by atoms with van der Waals surface area (Å²) in [5.41, 5.74) is 7.10. The summed E-state index contributed by atoms with van der Waals surface area (Å²) in [5.74, 6) is 0. The van der Waals surface area contributed by atoms with E-state index in [0.717, 1.165) is 19.5 Å². The van der Waals surface area contributed by atoms with Gasteiger partial charge in [0.2, 0.25) is 0 Å². The SMILES string of the molecule is CCCN(CC)C1=CCC(N)C=C1. The van der Waals surface area contributed by atoms with Crippen molar-refractivity contribution in [1.29, 1.82) is 0 Å². The van der Waals surface area contributed by atoms with Crippen LogP contribution in [-0.2, 0) is 0 Å². The predicted molar refractivity (Wildman–Crippen MR) is 57.4 cm³/mol. The molecule has 1 aliphatic carbocycles. The van der Waals surface area contributed by atoms with E-state index in [1.54, 1.807) is 0 Å². The van der Waals surface area contributed by atoms with Crippen molar-refractivity contribution < 1.29 is 0 Å². The summed E-state index contributed by atoms with van der Waals surface area (Å²) in [4.78, 5) is 2.39. The average Bonchev–Trinajstić information content (AvgIpc) is 2.16. The maximum atomic E-state index is 5.76. The van der Waals surface area contributed by atoms with E-state index in [1.807, 2.05) is 0 Å². The van der Waals surface area contributed by atoms with Crippen molar-refractivity contribution in [3.63, 3.8) is 0 Å². The first-order valence-electron chi connectivity index (χ1n) is 5.16. The van der Waals surface area contributed by atoms with Gasteiger partial charge in [0.05, 0.1) is 0 Å². The van der Waals surface area contributed by atoms with Crippen LogP contribution in [0.2, 0.25) is 0 Å². The molecule has 0 fully saturated rings. The van der Waals surface area contributed by atoms with Crippen molar-refractivity contribution in [3.05, 3.63) is 23.9 Å². The first-order chi connectivity index (χ1) is 6.27. The molecule has 2 N–H and O–H groups in total. The minimum Gasteiger partial charge on any atom is -0.372 e. The molecule has 2 nitrogen and oxygen atoms in total. The predicted octanol–water partition coefficient (Wildman–Crippen LogP) is 1.89. The van der Waals surface area contributed by atoms with Gasteiger partial charge in [-0.05, 0) is 25.8 Å². The summed E-state index contributed by atoms with van der Waals surface area (Å²) in [6, 6.07) is 0.226. The smallest absolute Gasteiger partial charge is 0.0323 e. The lowest BCUT2D eigenvalue weighted by molar-refractivity contribution is 0.370. The van der Waals surface area contributed by atoms with Crippen molar-refractivity contribution in [2.45, 2.75) is 32.7 Å². The molecule has 0 saturated heterocycles. The lowest BCUT2D eigenvalue weighted by atomic mass is 10.1. The van der Waals surface area contributed by atoms with Gasteiger partial charge in [0.15, 0.2) is 0 Å². The van der Waals surface area contributed by atoms with Gasteiger partial charge in [-0.15, -0.1) is 0 Å². The molecule has 2 heteroatoms. The van der Waals surface area contributed by atoms with Crippen LogP contribution in [0.5, 0.6) is 0 Å². The van der Waals surface area contributed by atoms with E-state index < -0.39 is 0 Å². The van der Waals surface area contributed by atoms with Gasteiger partial charge in [0.25, 0.3) is 0 Å². The summed E-state index contributed by atoms with van der Waals surface area (Å²) < 4.78 is 0. The molecule has 13 heavy (non-hydrogen) atoms. The molecule has 0 radical (unpaired) electrons. The number of allylic oxidation sites excluding steroid dienone is 1. The average molecular weight is 180 g/mol. The largest absolute Gasteiger partial charge is 0.372 e. The summed E-state index contributed by atoms with van der Waals surface area (Å²) >= 11 is 0. The molecule has 0 aliphatic heterocycles. The highest BCUT2D eigenvalue weighted by atomic mass is 15.1. The fourth-order valence-electron chi connectivity index (χ4n) is 1.60. The number of rotatable bonds is 4. The zero-order chi connectivity index (χ0) is 9.68. The first-order valence-corrected chi connectivity index (χ1v) is 5.16. The molecular weight excluding hydrogens is 160 g/mol. The van der Waals surface area contributed by atoms with Crippen LogP contribution in [0, 0.1) is 0 Å². The van der Waals surface area contributed by atoms with Gasteiger partial charge in [-0.2, -0.15) is 0 Å². The van der Waals surface area contributed by atoms with Gasteiger partial charge in [-0.3, -0.25) is 0 Å². The summed E-state index contributed by atoms with van der Waals surface area (Å²) in [6.07, 6.45) is 8.65. The Balaban J connectivity index is 2.55. The van der Waals surface area contributed by atoms with Crippen LogP contribution in [0.15, 0.2) is 23.9 Å². The Hall–Kier alpha value is -0.760. The molecule has 1 aliphatic rings. The highest BCUT2D eigenvalue weighted by Crippen LogP contribution is 2.13. The van der Waals surface area contributed by atoms with E-state index in [-0.39, 0.29) is 6.04 Å². The lowest BCUT2D eigenvalue weighted by Crippen LogP contribution is -2.26. The van der Waals surface area contributed by atoms with Gasteiger partial charge < -0.3 is 10.6 Å². The highest BCUT2D eigenvalue weighted by Gasteiger charge is 2.08. The van der Waals surface area contributed by atoms with E-state index in [0.29, 0.717) is 0 Å². The quantitative estimate of drug-likeness (QED) is 0.716. The van der Waals surface area contributed by atoms with Gasteiger partial charge in [0, 0.05) is 24.8 Å². The molecule has 0 heterocycles. The summed E-state index contributed by atoms with van der Waals surface area (Å²) in [5, 5.41) is 0. The van der Waals surface area contributed by atoms with Crippen molar-refractivity contribution in [2.24, 2.45) is 5.73 Å². The fourth-order valence-corrected chi connectivity index (χ4v) is 1.60. The van der Waals surface area contributed by atoms with Crippen LogP contribution in [0.4, 0.5) is 0 Å². The Morgan fingerprint density at radius 1 is 1.54 bits per heavy atom. The van der Waals surface area contributed by atoms with Crippen molar-refractivity contribution >= 4 is 0 Å². The third-order valence-corrected chi connectivity index (χ3v) is 2.35. The molecule has 0 amide bonds. The Morgan fingerprint density at radius 2 is 2.31 bits per heavy atom. The number of nitrogens with two attached hydrogens (primary N) is 1. The van der Waals surface area contributed by atoms with Crippen LogP contribution in [0.3, 0.4) is 0 Å². The number of hydrogen-bond acceptors (Lipinski definition) is 2. The number of nitrogens with zero attached hydrogens (tertiary/aromatic N) is 1. The minimum absolute atomic E-state index is 0.226. The highest BCUT2D eigenvalue weighted by molar-refractivity contribution is 5.23. The van der Waals surface area contributed by atoms with E-state index in [2.05, 4.69) is 37.0 Å². The van der Waals surface area contributed by atoms with Gasteiger partial charge in [-0.1, -0.05) is 19.1 Å². The summed E-state index contributed by atoms with van der Waals surface area (Å²) in [7, 11) is 0. The van der Waals surface area contributed by atoms with Gasteiger partial charge >= 0.3 is 0 Å². The second-order valence-electron chi connectivity index (χ2n) is 3.47. The van der Waals surface area contributed by atoms with Crippen LogP contribution in [0.25, 0.3) is 0 Å². The number of likely N-dealkylation sites (N-methyl/N-ethyl adjacent to an activating group) is 1. The molecule has 0 aromatic carbocycles. The fraction of sp³-hybridized carbons (Fsp3) is 0.636. The van der Waals surface area contributed by atoms with Gasteiger partial charge in [0.1, 0.15) is 0 Å². The molecule has 0 spiro atoms. The lowest BCUT2D eigenvalue weighted by Gasteiger charge is -2.26. The Bertz CT molecular complexity index is 206. The third-order valence-electron chi connectivity index (χ3n) is 2.35. The summed E-state index contributed by atoms with van der Waals surface area (Å²) in [6.45, 7) is 6.63. The molecule has 0 aromatic heterocycles.